The average molecular weight is 353 g/mol. The molecule has 0 saturated heterocycles. The van der Waals surface area contributed by atoms with Crippen LogP contribution in [0.25, 0.3) is 0 Å². The Kier molecular flexibility index (Phi) is 5.80. The molecule has 0 spiro atoms. The summed E-state index contributed by atoms with van der Waals surface area (Å²) in [7, 11) is 1.05. The number of sulfonamides is 1. The summed E-state index contributed by atoms with van der Waals surface area (Å²) in [4.78, 5) is 0. The van der Waals surface area contributed by atoms with Crippen LogP contribution in [0.2, 0.25) is 0 Å². The van der Waals surface area contributed by atoms with E-state index in [1.165, 1.54) is 49.8 Å². The van der Waals surface area contributed by atoms with E-state index >= 15 is 0 Å². The fourth-order valence-electron chi connectivity index (χ4n) is 2.24. The number of halogens is 1. The highest BCUT2D eigenvalue weighted by Gasteiger charge is 2.19. The van der Waals surface area contributed by atoms with Crippen molar-refractivity contribution in [3.8, 4) is 11.5 Å². The van der Waals surface area contributed by atoms with E-state index in [9.17, 15) is 12.8 Å². The van der Waals surface area contributed by atoms with Gasteiger partial charge in [0.1, 0.15) is 5.82 Å². The van der Waals surface area contributed by atoms with E-state index in [0.29, 0.717) is 17.1 Å². The summed E-state index contributed by atoms with van der Waals surface area (Å²) in [6, 6.07) is 10.7. The molecule has 0 unspecified atom stereocenters. The zero-order chi connectivity index (χ0) is 17.7. The number of rotatable bonds is 7. The molecule has 2 rings (SSSR count). The van der Waals surface area contributed by atoms with Gasteiger partial charge in [-0.3, -0.25) is 0 Å². The van der Waals surface area contributed by atoms with Crippen LogP contribution >= 0.6 is 0 Å². The highest BCUT2D eigenvalue weighted by atomic mass is 32.2. The number of ether oxygens (including phenoxy) is 2. The fraction of sp³-hybridized carbons (Fsp3) is 0.294. The molecule has 0 atom stereocenters. The Labute approximate surface area is 141 Å². The van der Waals surface area contributed by atoms with Crippen molar-refractivity contribution in [1.29, 1.82) is 0 Å². The Morgan fingerprint density at radius 1 is 0.958 bits per heavy atom. The second-order valence-corrected chi connectivity index (χ2v) is 7.40. The first-order valence-corrected chi connectivity index (χ1v) is 8.86. The van der Waals surface area contributed by atoms with Crippen molar-refractivity contribution in [2.45, 2.75) is 12.3 Å². The summed E-state index contributed by atoms with van der Waals surface area (Å²) < 4.78 is 49.5. The van der Waals surface area contributed by atoms with E-state index in [2.05, 4.69) is 0 Å². The molecule has 0 fully saturated rings. The number of hydrogen-bond acceptors (Lipinski definition) is 4. The van der Waals surface area contributed by atoms with Gasteiger partial charge in [0.15, 0.2) is 11.5 Å². The zero-order valence-electron chi connectivity index (χ0n) is 13.8. The van der Waals surface area contributed by atoms with Gasteiger partial charge in [-0.25, -0.2) is 17.1 Å². The van der Waals surface area contributed by atoms with Crippen molar-refractivity contribution in [1.82, 2.24) is 4.31 Å². The third-order valence-corrected chi connectivity index (χ3v) is 5.37. The third-order valence-electron chi connectivity index (χ3n) is 3.59. The third kappa shape index (κ3) is 4.46. The minimum atomic E-state index is -3.52. The van der Waals surface area contributed by atoms with Crippen molar-refractivity contribution in [2.24, 2.45) is 0 Å². The fourth-order valence-corrected chi connectivity index (χ4v) is 3.42. The van der Waals surface area contributed by atoms with Gasteiger partial charge in [-0.15, -0.1) is 0 Å². The van der Waals surface area contributed by atoms with Crippen LogP contribution in [-0.4, -0.2) is 34.0 Å². The Hall–Kier alpha value is -2.12. The summed E-state index contributed by atoms with van der Waals surface area (Å²) >= 11 is 0. The van der Waals surface area contributed by atoms with E-state index < -0.39 is 15.8 Å². The molecule has 0 bridgehead atoms. The molecular weight excluding hydrogens is 333 g/mol. The predicted octanol–water partition coefficient (Wildman–Crippen LogP) is 2.80. The first kappa shape index (κ1) is 18.2. The highest BCUT2D eigenvalue weighted by molar-refractivity contribution is 7.88. The van der Waals surface area contributed by atoms with Crippen LogP contribution in [0, 0.1) is 5.82 Å². The molecule has 0 saturated carbocycles. The van der Waals surface area contributed by atoms with Crippen molar-refractivity contribution in [3.63, 3.8) is 0 Å². The maximum Gasteiger partial charge on any atom is 0.218 e. The second kappa shape index (κ2) is 7.63. The molecule has 130 valence electrons. The first-order valence-electron chi connectivity index (χ1n) is 7.25. The van der Waals surface area contributed by atoms with Crippen molar-refractivity contribution >= 4 is 10.0 Å². The Balaban J connectivity index is 2.12. The van der Waals surface area contributed by atoms with Gasteiger partial charge in [0.05, 0.1) is 20.0 Å². The van der Waals surface area contributed by atoms with E-state index in [4.69, 9.17) is 9.47 Å². The van der Waals surface area contributed by atoms with Crippen LogP contribution in [-0.2, 0) is 22.3 Å². The average Bonchev–Trinajstić information content (AvgIpc) is 2.56. The van der Waals surface area contributed by atoms with Crippen molar-refractivity contribution < 1.29 is 22.3 Å². The van der Waals surface area contributed by atoms with Gasteiger partial charge in [-0.2, -0.15) is 0 Å². The largest absolute Gasteiger partial charge is 0.493 e. The summed E-state index contributed by atoms with van der Waals surface area (Å²) in [5.41, 5.74) is 1.31. The zero-order valence-corrected chi connectivity index (χ0v) is 14.6. The highest BCUT2D eigenvalue weighted by Crippen LogP contribution is 2.28. The SMILES string of the molecule is COc1ccc(CN(C)S(=O)(=O)Cc2ccc(F)cc2)cc1OC. The molecule has 0 heterocycles. The first-order chi connectivity index (χ1) is 11.4. The van der Waals surface area contributed by atoms with Crippen LogP contribution < -0.4 is 9.47 Å². The van der Waals surface area contributed by atoms with Gasteiger partial charge >= 0.3 is 0 Å². The van der Waals surface area contributed by atoms with E-state index in [1.54, 1.807) is 18.2 Å². The maximum absolute atomic E-state index is 12.9. The number of hydrogen-bond donors (Lipinski definition) is 0. The molecule has 0 amide bonds. The Morgan fingerprint density at radius 3 is 2.12 bits per heavy atom. The molecule has 0 aliphatic heterocycles. The summed E-state index contributed by atoms with van der Waals surface area (Å²) in [6.45, 7) is 0.198. The van der Waals surface area contributed by atoms with E-state index in [-0.39, 0.29) is 12.3 Å². The van der Waals surface area contributed by atoms with Gasteiger partial charge in [0.25, 0.3) is 0 Å². The smallest absolute Gasteiger partial charge is 0.218 e. The molecule has 7 heteroatoms. The van der Waals surface area contributed by atoms with Crippen LogP contribution in [0.3, 0.4) is 0 Å². The normalized spacial score (nSPS) is 11.5. The molecule has 0 aliphatic rings. The lowest BCUT2D eigenvalue weighted by atomic mass is 10.2. The lowest BCUT2D eigenvalue weighted by molar-refractivity contribution is 0.354. The van der Waals surface area contributed by atoms with E-state index in [0.717, 1.165) is 5.56 Å². The van der Waals surface area contributed by atoms with Crippen LogP contribution in [0.1, 0.15) is 11.1 Å². The summed E-state index contributed by atoms with van der Waals surface area (Å²) in [5.74, 6) is 0.545. The number of nitrogens with zero attached hydrogens (tertiary/aromatic N) is 1. The molecule has 0 aromatic heterocycles. The Bertz CT molecular complexity index is 791. The predicted molar refractivity (Wildman–Crippen MR) is 90.0 cm³/mol. The lowest BCUT2D eigenvalue weighted by Crippen LogP contribution is -2.27. The lowest BCUT2D eigenvalue weighted by Gasteiger charge is -2.18. The summed E-state index contributed by atoms with van der Waals surface area (Å²) in [6.07, 6.45) is 0. The minimum absolute atomic E-state index is 0.183. The maximum atomic E-state index is 12.9. The molecule has 2 aromatic carbocycles. The molecule has 0 radical (unpaired) electrons. The van der Waals surface area contributed by atoms with Gasteiger partial charge in [0.2, 0.25) is 10.0 Å². The van der Waals surface area contributed by atoms with Crippen molar-refractivity contribution in [3.05, 3.63) is 59.4 Å². The van der Waals surface area contributed by atoms with Crippen LogP contribution in [0.15, 0.2) is 42.5 Å². The number of methoxy groups -OCH3 is 2. The molecule has 5 nitrogen and oxygen atoms in total. The number of benzene rings is 2. The summed E-state index contributed by atoms with van der Waals surface area (Å²) in [5, 5.41) is 0. The minimum Gasteiger partial charge on any atom is -0.493 e. The second-order valence-electron chi connectivity index (χ2n) is 5.33. The Morgan fingerprint density at radius 2 is 1.54 bits per heavy atom. The quantitative estimate of drug-likeness (QED) is 0.768. The van der Waals surface area contributed by atoms with E-state index in [1.807, 2.05) is 0 Å². The van der Waals surface area contributed by atoms with Gasteiger partial charge in [0, 0.05) is 13.6 Å². The molecular formula is C17H20FNO4S. The molecule has 2 aromatic rings. The van der Waals surface area contributed by atoms with Crippen molar-refractivity contribution in [2.75, 3.05) is 21.3 Å². The van der Waals surface area contributed by atoms with Crippen LogP contribution in [0.4, 0.5) is 4.39 Å². The van der Waals surface area contributed by atoms with Crippen LogP contribution in [0.5, 0.6) is 11.5 Å². The standard InChI is InChI=1S/C17H20FNO4S/c1-19(11-14-6-9-16(22-2)17(10-14)23-3)24(20,21)12-13-4-7-15(18)8-5-13/h4-10H,11-12H2,1-3H3. The van der Waals surface area contributed by atoms with Gasteiger partial charge in [-0.05, 0) is 35.4 Å². The monoisotopic (exact) mass is 353 g/mol. The molecule has 24 heavy (non-hydrogen) atoms. The molecule has 0 N–H and O–H groups in total. The topological polar surface area (TPSA) is 55.8 Å². The van der Waals surface area contributed by atoms with Gasteiger partial charge in [-0.1, -0.05) is 18.2 Å². The molecule has 0 aliphatic carbocycles. The van der Waals surface area contributed by atoms with Gasteiger partial charge < -0.3 is 9.47 Å².